The van der Waals surface area contributed by atoms with Crippen LogP contribution in [0.3, 0.4) is 0 Å². The number of alkyl halides is 1. The molecule has 52 valence electrons. The summed E-state index contributed by atoms with van der Waals surface area (Å²) in [6.07, 6.45) is -0.434. The molecule has 0 N–H and O–H groups in total. The van der Waals surface area contributed by atoms with Crippen molar-refractivity contribution in [2.24, 2.45) is 5.92 Å². The van der Waals surface area contributed by atoms with Crippen LogP contribution in [-0.2, 0) is 4.79 Å². The number of halogens is 1. The highest BCUT2D eigenvalue weighted by molar-refractivity contribution is 5.81. The minimum absolute atomic E-state index is 0.0810. The molecule has 2 atom stereocenters. The summed E-state index contributed by atoms with van der Waals surface area (Å²) < 4.78 is 12.1. The first-order chi connectivity index (χ1) is 4.13. The van der Waals surface area contributed by atoms with Gasteiger partial charge in [-0.2, -0.15) is 0 Å². The summed E-state index contributed by atoms with van der Waals surface area (Å²) in [6.45, 7) is 0. The maximum absolute atomic E-state index is 12.1. The van der Waals surface area contributed by atoms with Crippen molar-refractivity contribution >= 4 is 5.91 Å². The van der Waals surface area contributed by atoms with Crippen LogP contribution in [0.4, 0.5) is 4.39 Å². The van der Waals surface area contributed by atoms with Crippen LogP contribution in [0.5, 0.6) is 0 Å². The lowest BCUT2D eigenvalue weighted by molar-refractivity contribution is -0.130. The van der Waals surface area contributed by atoms with Crippen LogP contribution in [0.25, 0.3) is 0 Å². The van der Waals surface area contributed by atoms with Gasteiger partial charge in [-0.05, 0) is 6.42 Å². The minimum atomic E-state index is -0.861. The molecule has 0 bridgehead atoms. The Morgan fingerprint density at radius 2 is 2.11 bits per heavy atom. The van der Waals surface area contributed by atoms with Gasteiger partial charge in [0.25, 0.3) is 0 Å². The van der Waals surface area contributed by atoms with E-state index in [-0.39, 0.29) is 11.8 Å². The Morgan fingerprint density at radius 3 is 2.22 bits per heavy atom. The second-order valence-electron chi connectivity index (χ2n) is 2.59. The number of hydrogen-bond donors (Lipinski definition) is 0. The quantitative estimate of drug-likeness (QED) is 0.505. The van der Waals surface area contributed by atoms with E-state index in [1.54, 1.807) is 14.1 Å². The summed E-state index contributed by atoms with van der Waals surface area (Å²) in [5.41, 5.74) is 0. The van der Waals surface area contributed by atoms with Crippen LogP contribution in [0, 0.1) is 5.92 Å². The van der Waals surface area contributed by atoms with Crippen molar-refractivity contribution in [3.8, 4) is 0 Å². The lowest BCUT2D eigenvalue weighted by Crippen LogP contribution is -2.24. The van der Waals surface area contributed by atoms with Crippen molar-refractivity contribution in [3.05, 3.63) is 0 Å². The average molecular weight is 131 g/mol. The molecule has 1 aliphatic carbocycles. The summed E-state index contributed by atoms with van der Waals surface area (Å²) in [4.78, 5) is 12.2. The summed E-state index contributed by atoms with van der Waals surface area (Å²) in [5, 5.41) is 0. The molecule has 3 heteroatoms. The van der Waals surface area contributed by atoms with Crippen LogP contribution in [0.2, 0.25) is 0 Å². The van der Waals surface area contributed by atoms with Gasteiger partial charge in [0.2, 0.25) is 5.91 Å². The van der Waals surface area contributed by atoms with Gasteiger partial charge in [-0.15, -0.1) is 0 Å². The molecular formula is C6H10FNO. The number of nitrogens with zero attached hydrogens (tertiary/aromatic N) is 1. The Kier molecular flexibility index (Phi) is 1.43. The molecule has 0 spiro atoms. The standard InChI is InChI=1S/C6H10FNO/c1-8(2)6(9)4-3-5(4)7/h4-5H,3H2,1-2H3. The number of carbonyl (C=O) groups is 1. The smallest absolute Gasteiger partial charge is 0.228 e. The molecule has 0 aromatic heterocycles. The summed E-state index contributed by atoms with van der Waals surface area (Å²) in [5.74, 6) is -0.400. The molecule has 1 rings (SSSR count). The summed E-state index contributed by atoms with van der Waals surface area (Å²) in [6, 6.07) is 0. The van der Waals surface area contributed by atoms with Gasteiger partial charge in [0, 0.05) is 14.1 Å². The lowest BCUT2D eigenvalue weighted by atomic mass is 10.4. The first-order valence-corrected chi connectivity index (χ1v) is 2.98. The third kappa shape index (κ3) is 1.20. The predicted molar refractivity (Wildman–Crippen MR) is 31.7 cm³/mol. The monoisotopic (exact) mass is 131 g/mol. The minimum Gasteiger partial charge on any atom is -0.348 e. The fraction of sp³-hybridized carbons (Fsp3) is 0.833. The van der Waals surface area contributed by atoms with Gasteiger partial charge in [0.05, 0.1) is 5.92 Å². The zero-order valence-corrected chi connectivity index (χ0v) is 5.60. The molecule has 0 saturated heterocycles. The van der Waals surface area contributed by atoms with E-state index in [0.717, 1.165) is 0 Å². The molecule has 0 radical (unpaired) electrons. The van der Waals surface area contributed by atoms with E-state index in [0.29, 0.717) is 6.42 Å². The third-order valence-corrected chi connectivity index (χ3v) is 1.47. The van der Waals surface area contributed by atoms with Crippen LogP contribution in [0.1, 0.15) is 6.42 Å². The van der Waals surface area contributed by atoms with Gasteiger partial charge in [0.15, 0.2) is 0 Å². The first-order valence-electron chi connectivity index (χ1n) is 2.98. The number of carbonyl (C=O) groups excluding carboxylic acids is 1. The van der Waals surface area contributed by atoms with E-state index in [4.69, 9.17) is 0 Å². The number of hydrogen-bond acceptors (Lipinski definition) is 1. The highest BCUT2D eigenvalue weighted by Crippen LogP contribution is 2.34. The van der Waals surface area contributed by atoms with E-state index >= 15 is 0 Å². The second kappa shape index (κ2) is 1.97. The van der Waals surface area contributed by atoms with Crippen LogP contribution >= 0.6 is 0 Å². The molecule has 0 heterocycles. The molecule has 0 aromatic rings. The second-order valence-corrected chi connectivity index (χ2v) is 2.59. The van der Waals surface area contributed by atoms with Crippen molar-refractivity contribution in [1.82, 2.24) is 4.90 Å². The highest BCUT2D eigenvalue weighted by Gasteiger charge is 2.44. The molecule has 1 saturated carbocycles. The molecule has 1 fully saturated rings. The fourth-order valence-corrected chi connectivity index (χ4v) is 0.751. The van der Waals surface area contributed by atoms with Crippen LogP contribution in [-0.4, -0.2) is 31.1 Å². The first kappa shape index (κ1) is 6.52. The largest absolute Gasteiger partial charge is 0.348 e. The summed E-state index contributed by atoms with van der Waals surface area (Å²) in [7, 11) is 3.29. The number of amides is 1. The molecule has 0 aromatic carbocycles. The fourth-order valence-electron chi connectivity index (χ4n) is 0.751. The van der Waals surface area contributed by atoms with Crippen molar-refractivity contribution in [3.63, 3.8) is 0 Å². The Labute approximate surface area is 53.6 Å². The zero-order chi connectivity index (χ0) is 7.02. The van der Waals surface area contributed by atoms with Crippen molar-refractivity contribution in [2.45, 2.75) is 12.6 Å². The van der Waals surface area contributed by atoms with Gasteiger partial charge >= 0.3 is 0 Å². The Bertz CT molecular complexity index is 135. The highest BCUT2D eigenvalue weighted by atomic mass is 19.1. The molecular weight excluding hydrogens is 121 g/mol. The molecule has 1 aliphatic rings. The van der Waals surface area contributed by atoms with Gasteiger partial charge in [-0.1, -0.05) is 0 Å². The van der Waals surface area contributed by atoms with Gasteiger partial charge in [-0.25, -0.2) is 4.39 Å². The Balaban J connectivity index is 2.36. The normalized spacial score (nSPS) is 31.9. The molecule has 1 amide bonds. The van der Waals surface area contributed by atoms with E-state index in [2.05, 4.69) is 0 Å². The van der Waals surface area contributed by atoms with E-state index in [1.807, 2.05) is 0 Å². The van der Waals surface area contributed by atoms with Gasteiger partial charge in [0.1, 0.15) is 6.17 Å². The average Bonchev–Trinajstić information content (AvgIpc) is 2.44. The van der Waals surface area contributed by atoms with E-state index < -0.39 is 6.17 Å². The molecule has 9 heavy (non-hydrogen) atoms. The molecule has 0 aliphatic heterocycles. The van der Waals surface area contributed by atoms with Gasteiger partial charge in [-0.3, -0.25) is 4.79 Å². The predicted octanol–water partition coefficient (Wildman–Crippen LogP) is 0.433. The topological polar surface area (TPSA) is 20.3 Å². The summed E-state index contributed by atoms with van der Waals surface area (Å²) >= 11 is 0. The lowest BCUT2D eigenvalue weighted by Gasteiger charge is -2.07. The third-order valence-electron chi connectivity index (χ3n) is 1.47. The SMILES string of the molecule is CN(C)C(=O)C1CC1F. The Morgan fingerprint density at radius 1 is 1.67 bits per heavy atom. The maximum Gasteiger partial charge on any atom is 0.228 e. The van der Waals surface area contributed by atoms with E-state index in [9.17, 15) is 9.18 Å². The van der Waals surface area contributed by atoms with Crippen molar-refractivity contribution in [1.29, 1.82) is 0 Å². The Hall–Kier alpha value is -0.600. The van der Waals surface area contributed by atoms with Crippen LogP contribution in [0.15, 0.2) is 0 Å². The molecule has 2 nitrogen and oxygen atoms in total. The van der Waals surface area contributed by atoms with Gasteiger partial charge < -0.3 is 4.90 Å². The maximum atomic E-state index is 12.1. The van der Waals surface area contributed by atoms with E-state index in [1.165, 1.54) is 4.90 Å². The van der Waals surface area contributed by atoms with Crippen molar-refractivity contribution in [2.75, 3.05) is 14.1 Å². The number of rotatable bonds is 1. The van der Waals surface area contributed by atoms with Crippen LogP contribution < -0.4 is 0 Å². The molecule has 2 unspecified atom stereocenters. The van der Waals surface area contributed by atoms with Crippen molar-refractivity contribution < 1.29 is 9.18 Å². The zero-order valence-electron chi connectivity index (χ0n) is 5.60.